The van der Waals surface area contributed by atoms with E-state index in [1.54, 1.807) is 13.0 Å². The fourth-order valence-electron chi connectivity index (χ4n) is 3.93. The van der Waals surface area contributed by atoms with Crippen LogP contribution in [0.4, 0.5) is 17.5 Å². The first-order chi connectivity index (χ1) is 13.8. The molecule has 2 aliphatic heterocycles. The normalized spacial score (nSPS) is 17.7. The molecule has 2 fully saturated rings. The molecular formula is C19H21ClN6O3. The van der Waals surface area contributed by atoms with Gasteiger partial charge in [-0.05, 0) is 36.6 Å². The van der Waals surface area contributed by atoms with Crippen LogP contribution in [0, 0.1) is 5.41 Å². The maximum Gasteiger partial charge on any atom is 0.335 e. The largest absolute Gasteiger partial charge is 0.478 e. The molecular weight excluding hydrogens is 396 g/mol. The molecule has 10 heteroatoms. The number of carbonyl (C=O) groups excluding carboxylic acids is 1. The van der Waals surface area contributed by atoms with Gasteiger partial charge in [-0.15, -0.1) is 0 Å². The van der Waals surface area contributed by atoms with Gasteiger partial charge in [0, 0.05) is 50.8 Å². The molecule has 4 heterocycles. The number of hydrogen-bond acceptors (Lipinski definition) is 7. The monoisotopic (exact) mass is 416 g/mol. The van der Waals surface area contributed by atoms with Crippen molar-refractivity contribution < 1.29 is 14.7 Å². The number of carbonyl (C=O) groups is 2. The zero-order valence-corrected chi connectivity index (χ0v) is 16.7. The minimum atomic E-state index is -1.03. The molecule has 1 amide bonds. The van der Waals surface area contributed by atoms with Gasteiger partial charge in [-0.25, -0.2) is 19.7 Å². The molecule has 0 aliphatic carbocycles. The molecule has 152 valence electrons. The number of halogens is 1. The second-order valence-corrected chi connectivity index (χ2v) is 7.94. The number of aromatic carboxylic acids is 1. The van der Waals surface area contributed by atoms with Gasteiger partial charge in [0.05, 0.1) is 5.56 Å². The van der Waals surface area contributed by atoms with Gasteiger partial charge in [0.15, 0.2) is 0 Å². The third-order valence-electron chi connectivity index (χ3n) is 5.59. The summed E-state index contributed by atoms with van der Waals surface area (Å²) >= 11 is 6.11. The smallest absolute Gasteiger partial charge is 0.335 e. The highest BCUT2D eigenvalue weighted by atomic mass is 35.5. The number of anilines is 3. The van der Waals surface area contributed by atoms with Crippen molar-refractivity contribution >= 4 is 40.9 Å². The number of aromatic nitrogens is 3. The van der Waals surface area contributed by atoms with Crippen molar-refractivity contribution in [3.05, 3.63) is 35.2 Å². The fraction of sp³-hybridized carbons (Fsp3) is 0.421. The Morgan fingerprint density at radius 1 is 1.17 bits per heavy atom. The standard InChI is InChI=1S/C19H21ClN6O3/c1-12(27)25-6-3-19(4-7-25)10-26(11-19)16-9-15(23-18(20)24-16)22-14-8-13(17(28)29)2-5-21-14/h2,5,8-9H,3-4,6-7,10-11H2,1H3,(H,28,29)(H,21,22,23,24). The van der Waals surface area contributed by atoms with E-state index in [4.69, 9.17) is 16.7 Å². The Morgan fingerprint density at radius 3 is 2.55 bits per heavy atom. The first-order valence-corrected chi connectivity index (χ1v) is 9.73. The summed E-state index contributed by atoms with van der Waals surface area (Å²) in [4.78, 5) is 39.3. The quantitative estimate of drug-likeness (QED) is 0.731. The summed E-state index contributed by atoms with van der Waals surface area (Å²) in [5.74, 6) is 0.625. The molecule has 2 saturated heterocycles. The van der Waals surface area contributed by atoms with E-state index in [1.165, 1.54) is 18.3 Å². The van der Waals surface area contributed by atoms with Gasteiger partial charge in [-0.1, -0.05) is 0 Å². The number of carboxylic acids is 1. The molecule has 2 aliphatic rings. The van der Waals surface area contributed by atoms with Crippen molar-refractivity contribution in [2.75, 3.05) is 36.4 Å². The highest BCUT2D eigenvalue weighted by molar-refractivity contribution is 6.28. The first-order valence-electron chi connectivity index (χ1n) is 9.35. The summed E-state index contributed by atoms with van der Waals surface area (Å²) in [6, 6.07) is 4.63. The molecule has 2 N–H and O–H groups in total. The molecule has 0 saturated carbocycles. The number of pyridine rings is 1. The molecule has 0 atom stereocenters. The molecule has 1 spiro atoms. The van der Waals surface area contributed by atoms with Crippen LogP contribution in [0.2, 0.25) is 5.28 Å². The maximum atomic E-state index is 11.5. The van der Waals surface area contributed by atoms with Gasteiger partial charge in [0.1, 0.15) is 17.5 Å². The van der Waals surface area contributed by atoms with Crippen LogP contribution in [0.15, 0.2) is 24.4 Å². The van der Waals surface area contributed by atoms with Crippen molar-refractivity contribution in [3.8, 4) is 0 Å². The Balaban J connectivity index is 1.44. The number of nitrogens with one attached hydrogen (secondary N) is 1. The number of hydrogen-bond donors (Lipinski definition) is 2. The van der Waals surface area contributed by atoms with Crippen LogP contribution in [0.25, 0.3) is 0 Å². The van der Waals surface area contributed by atoms with Crippen molar-refractivity contribution in [3.63, 3.8) is 0 Å². The van der Waals surface area contributed by atoms with Gasteiger partial charge in [0.25, 0.3) is 0 Å². The summed E-state index contributed by atoms with van der Waals surface area (Å²) in [6.45, 7) is 4.93. The summed E-state index contributed by atoms with van der Waals surface area (Å²) in [6.07, 6.45) is 3.39. The summed E-state index contributed by atoms with van der Waals surface area (Å²) in [5.41, 5.74) is 0.346. The lowest BCUT2D eigenvalue weighted by Crippen LogP contribution is -2.61. The highest BCUT2D eigenvalue weighted by Gasteiger charge is 2.45. The predicted octanol–water partition coefficient (Wildman–Crippen LogP) is 2.42. The van der Waals surface area contributed by atoms with Gasteiger partial charge >= 0.3 is 5.97 Å². The lowest BCUT2D eigenvalue weighted by Gasteiger charge is -2.54. The van der Waals surface area contributed by atoms with Crippen molar-refractivity contribution in [1.29, 1.82) is 0 Å². The van der Waals surface area contributed by atoms with Gasteiger partial charge in [0.2, 0.25) is 11.2 Å². The Bertz CT molecular complexity index is 953. The summed E-state index contributed by atoms with van der Waals surface area (Å²) in [5, 5.41) is 12.2. The van der Waals surface area contributed by atoms with Crippen LogP contribution in [0.3, 0.4) is 0 Å². The van der Waals surface area contributed by atoms with E-state index < -0.39 is 5.97 Å². The zero-order valence-electron chi connectivity index (χ0n) is 15.9. The van der Waals surface area contributed by atoms with E-state index in [1.807, 2.05) is 4.90 Å². The van der Waals surface area contributed by atoms with E-state index in [0.29, 0.717) is 17.5 Å². The maximum absolute atomic E-state index is 11.5. The molecule has 0 radical (unpaired) electrons. The van der Waals surface area contributed by atoms with Gasteiger partial charge in [-0.3, -0.25) is 4.79 Å². The van der Waals surface area contributed by atoms with Crippen LogP contribution in [0.1, 0.15) is 30.1 Å². The van der Waals surface area contributed by atoms with Crippen LogP contribution >= 0.6 is 11.6 Å². The topological polar surface area (TPSA) is 112 Å². The van der Waals surface area contributed by atoms with Gasteiger partial charge in [-0.2, -0.15) is 0 Å². The Hall–Kier alpha value is -2.94. The molecule has 0 aromatic carbocycles. The summed E-state index contributed by atoms with van der Waals surface area (Å²) < 4.78 is 0. The van der Waals surface area contributed by atoms with Crippen molar-refractivity contribution in [2.24, 2.45) is 5.41 Å². The number of likely N-dealkylation sites (tertiary alicyclic amines) is 1. The second-order valence-electron chi connectivity index (χ2n) is 7.60. The summed E-state index contributed by atoms with van der Waals surface area (Å²) in [7, 11) is 0. The predicted molar refractivity (Wildman–Crippen MR) is 108 cm³/mol. The molecule has 9 nitrogen and oxygen atoms in total. The SMILES string of the molecule is CC(=O)N1CCC2(CC1)CN(c1cc(Nc3cc(C(=O)O)ccn3)nc(Cl)n1)C2. The molecule has 2 aromatic rings. The number of piperidine rings is 1. The number of nitrogens with zero attached hydrogens (tertiary/aromatic N) is 5. The lowest BCUT2D eigenvalue weighted by molar-refractivity contribution is -0.131. The number of carboxylic acid groups (broad SMARTS) is 1. The number of amides is 1. The van der Waals surface area contributed by atoms with E-state index in [0.717, 1.165) is 39.0 Å². The average Bonchev–Trinajstić information content (AvgIpc) is 2.65. The van der Waals surface area contributed by atoms with E-state index in [2.05, 4.69) is 25.2 Å². The van der Waals surface area contributed by atoms with Gasteiger partial charge < -0.3 is 20.2 Å². The molecule has 29 heavy (non-hydrogen) atoms. The first kappa shape index (κ1) is 19.4. The third-order valence-corrected chi connectivity index (χ3v) is 5.76. The van der Waals surface area contributed by atoms with E-state index in [9.17, 15) is 9.59 Å². The third kappa shape index (κ3) is 4.09. The Labute approximate surface area is 172 Å². The number of rotatable bonds is 4. The Morgan fingerprint density at radius 2 is 1.90 bits per heavy atom. The molecule has 2 aromatic heterocycles. The van der Waals surface area contributed by atoms with Crippen LogP contribution in [-0.4, -0.2) is 63.0 Å². The minimum Gasteiger partial charge on any atom is -0.478 e. The van der Waals surface area contributed by atoms with Crippen molar-refractivity contribution in [2.45, 2.75) is 19.8 Å². The highest BCUT2D eigenvalue weighted by Crippen LogP contribution is 2.42. The molecule has 0 bridgehead atoms. The van der Waals surface area contributed by atoms with E-state index in [-0.39, 0.29) is 22.2 Å². The van der Waals surface area contributed by atoms with Crippen molar-refractivity contribution in [1.82, 2.24) is 19.9 Å². The van der Waals surface area contributed by atoms with Crippen LogP contribution in [-0.2, 0) is 4.79 Å². The molecule has 0 unspecified atom stereocenters. The fourth-order valence-corrected chi connectivity index (χ4v) is 4.11. The lowest BCUT2D eigenvalue weighted by atomic mass is 9.72. The Kier molecular flexibility index (Phi) is 4.99. The molecule has 4 rings (SSSR count). The zero-order chi connectivity index (χ0) is 20.6. The van der Waals surface area contributed by atoms with Crippen LogP contribution < -0.4 is 10.2 Å². The van der Waals surface area contributed by atoms with E-state index >= 15 is 0 Å². The average molecular weight is 417 g/mol. The second kappa shape index (κ2) is 7.47. The van der Waals surface area contributed by atoms with Crippen LogP contribution in [0.5, 0.6) is 0 Å². The minimum absolute atomic E-state index is 0.103.